The van der Waals surface area contributed by atoms with Gasteiger partial charge in [-0.15, -0.1) is 5.73 Å². The summed E-state index contributed by atoms with van der Waals surface area (Å²) >= 11 is 0. The van der Waals surface area contributed by atoms with Crippen LogP contribution in [0.15, 0.2) is 36.4 Å². The molecule has 1 nitrogen and oxygen atoms in total. The Morgan fingerprint density at radius 3 is 2.93 bits per heavy atom. The molecule has 0 atom stereocenters. The lowest BCUT2D eigenvalue weighted by Gasteiger charge is -2.13. The maximum absolute atomic E-state index is 9.72. The lowest BCUT2D eigenvalue weighted by Crippen LogP contribution is -1.93. The predicted octanol–water partition coefficient (Wildman–Crippen LogP) is 3.11. The van der Waals surface area contributed by atoms with Crippen LogP contribution in [0, 0.1) is 0 Å². The van der Waals surface area contributed by atoms with E-state index in [4.69, 9.17) is 0 Å². The van der Waals surface area contributed by atoms with Gasteiger partial charge < -0.3 is 0 Å². The molecule has 0 saturated heterocycles. The standard InChI is InChI=1S/C13H9N/c14-12-8-7-10-4-1-3-9-5-2-6-11(12)13(9)10/h1-4,6-8H,5H2. The molecular weight excluding hydrogens is 170 g/mol. The van der Waals surface area contributed by atoms with Crippen LogP contribution in [-0.2, 0) is 6.42 Å². The van der Waals surface area contributed by atoms with Crippen molar-refractivity contribution in [2.75, 3.05) is 0 Å². The van der Waals surface area contributed by atoms with Gasteiger partial charge >= 0.3 is 0 Å². The van der Waals surface area contributed by atoms with Crippen LogP contribution >= 0.6 is 0 Å². The quantitative estimate of drug-likeness (QED) is 0.593. The number of hydrogen-bond acceptors (Lipinski definition) is 0. The molecule has 1 heteroatoms. The van der Waals surface area contributed by atoms with Crippen molar-refractivity contribution in [1.29, 1.82) is 0 Å². The summed E-state index contributed by atoms with van der Waals surface area (Å²) in [5, 5.41) is 2.41. The van der Waals surface area contributed by atoms with Crippen molar-refractivity contribution in [3.8, 4) is 0 Å². The zero-order valence-electron chi connectivity index (χ0n) is 7.70. The smallest absolute Gasteiger partial charge is 0.0935 e. The fraction of sp³-hybridized carbons (Fsp3) is 0.0769. The summed E-state index contributed by atoms with van der Waals surface area (Å²) in [6.45, 7) is 0. The minimum absolute atomic E-state index is 0.376. The van der Waals surface area contributed by atoms with Crippen LogP contribution in [-0.4, -0.2) is 0 Å². The van der Waals surface area contributed by atoms with Crippen molar-refractivity contribution in [1.82, 2.24) is 5.73 Å². The van der Waals surface area contributed by atoms with Crippen LogP contribution in [0.25, 0.3) is 16.8 Å². The van der Waals surface area contributed by atoms with Crippen LogP contribution in [0.1, 0.15) is 11.1 Å². The molecule has 14 heavy (non-hydrogen) atoms. The van der Waals surface area contributed by atoms with Crippen molar-refractivity contribution in [3.05, 3.63) is 47.5 Å². The molecule has 0 amide bonds. The lowest BCUT2D eigenvalue weighted by atomic mass is 9.92. The van der Waals surface area contributed by atoms with Gasteiger partial charge in [0.1, 0.15) is 0 Å². The summed E-state index contributed by atoms with van der Waals surface area (Å²) in [6.07, 6.45) is 5.06. The molecule has 2 aromatic carbocycles. The van der Waals surface area contributed by atoms with E-state index in [0.717, 1.165) is 12.0 Å². The highest BCUT2D eigenvalue weighted by molar-refractivity contribution is 5.98. The first-order valence-electron chi connectivity index (χ1n) is 4.76. The number of hydrogen-bond donors (Lipinski definition) is 0. The first-order valence-corrected chi connectivity index (χ1v) is 4.76. The molecule has 0 aliphatic heterocycles. The van der Waals surface area contributed by atoms with E-state index in [9.17, 15) is 5.73 Å². The third kappa shape index (κ3) is 0.896. The summed E-state index contributed by atoms with van der Waals surface area (Å²) in [7, 11) is 0. The zero-order chi connectivity index (χ0) is 9.54. The van der Waals surface area contributed by atoms with Crippen LogP contribution in [0.2, 0.25) is 0 Å². The minimum atomic E-state index is 0.376. The SMILES string of the molecule is [N]c1ccc2cccc3c2c1C=CC3. The van der Waals surface area contributed by atoms with Gasteiger partial charge in [0, 0.05) is 5.56 Å². The van der Waals surface area contributed by atoms with Crippen molar-refractivity contribution < 1.29 is 0 Å². The second-order valence-electron chi connectivity index (χ2n) is 3.62. The fourth-order valence-corrected chi connectivity index (χ4v) is 2.12. The highest BCUT2D eigenvalue weighted by atomic mass is 14.6. The predicted molar refractivity (Wildman–Crippen MR) is 58.5 cm³/mol. The molecule has 0 aromatic heterocycles. The van der Waals surface area contributed by atoms with Gasteiger partial charge in [0.2, 0.25) is 0 Å². The second kappa shape index (κ2) is 2.61. The van der Waals surface area contributed by atoms with E-state index in [-0.39, 0.29) is 0 Å². The molecule has 1 aliphatic carbocycles. The molecule has 3 rings (SSSR count). The Kier molecular flexibility index (Phi) is 1.42. The second-order valence-corrected chi connectivity index (χ2v) is 3.62. The van der Waals surface area contributed by atoms with Crippen molar-refractivity contribution in [3.63, 3.8) is 0 Å². The molecule has 0 spiro atoms. The van der Waals surface area contributed by atoms with Crippen LogP contribution in [0.4, 0.5) is 5.69 Å². The average molecular weight is 179 g/mol. The Morgan fingerprint density at radius 1 is 1.07 bits per heavy atom. The Balaban J connectivity index is 2.56. The molecule has 0 unspecified atom stereocenters. The zero-order valence-corrected chi connectivity index (χ0v) is 7.70. The van der Waals surface area contributed by atoms with Crippen molar-refractivity contribution in [2.45, 2.75) is 6.42 Å². The maximum atomic E-state index is 9.72. The van der Waals surface area contributed by atoms with Crippen LogP contribution in [0.5, 0.6) is 0 Å². The fourth-order valence-electron chi connectivity index (χ4n) is 2.12. The summed E-state index contributed by atoms with van der Waals surface area (Å²) in [6, 6.07) is 10.0. The molecule has 0 heterocycles. The highest BCUT2D eigenvalue weighted by Crippen LogP contribution is 2.32. The third-order valence-electron chi connectivity index (χ3n) is 2.77. The molecule has 66 valence electrons. The monoisotopic (exact) mass is 179 g/mol. The van der Waals surface area contributed by atoms with Crippen LogP contribution < -0.4 is 5.73 Å². The van der Waals surface area contributed by atoms with E-state index in [0.29, 0.717) is 5.69 Å². The highest BCUT2D eigenvalue weighted by Gasteiger charge is 2.10. The van der Waals surface area contributed by atoms with E-state index in [2.05, 4.69) is 24.3 Å². The molecular formula is C13H9N. The molecule has 0 N–H and O–H groups in total. The number of benzene rings is 2. The Morgan fingerprint density at radius 2 is 2.00 bits per heavy atom. The minimum Gasteiger partial charge on any atom is -0.150 e. The topological polar surface area (TPSA) is 22.3 Å². The number of rotatable bonds is 0. The Hall–Kier alpha value is -1.76. The van der Waals surface area contributed by atoms with E-state index in [1.807, 2.05) is 12.1 Å². The van der Waals surface area contributed by atoms with Gasteiger partial charge in [-0.3, -0.25) is 0 Å². The van der Waals surface area contributed by atoms with E-state index < -0.39 is 0 Å². The van der Waals surface area contributed by atoms with Gasteiger partial charge in [-0.05, 0) is 28.8 Å². The molecule has 2 aromatic rings. The summed E-state index contributed by atoms with van der Waals surface area (Å²) in [5.74, 6) is 0. The number of nitrogens with zero attached hydrogens (tertiary/aromatic N) is 1. The summed E-state index contributed by atoms with van der Waals surface area (Å²) < 4.78 is 0. The lowest BCUT2D eigenvalue weighted by molar-refractivity contribution is 1.29. The molecule has 0 bridgehead atoms. The summed E-state index contributed by atoms with van der Waals surface area (Å²) in [5.41, 5.74) is 12.4. The molecule has 0 fully saturated rings. The first-order chi connectivity index (χ1) is 6.86. The van der Waals surface area contributed by atoms with Gasteiger partial charge in [-0.25, -0.2) is 0 Å². The molecule has 0 saturated carbocycles. The van der Waals surface area contributed by atoms with Gasteiger partial charge in [0.15, 0.2) is 0 Å². The van der Waals surface area contributed by atoms with Gasteiger partial charge in [-0.1, -0.05) is 36.4 Å². The first kappa shape index (κ1) is 7.63. The van der Waals surface area contributed by atoms with Gasteiger partial charge in [0.05, 0.1) is 5.69 Å². The van der Waals surface area contributed by atoms with Gasteiger partial charge in [-0.2, -0.15) is 0 Å². The third-order valence-corrected chi connectivity index (χ3v) is 2.77. The van der Waals surface area contributed by atoms with Crippen LogP contribution in [0.3, 0.4) is 0 Å². The number of allylic oxidation sites excluding steroid dienone is 1. The molecule has 2 radical (unpaired) electrons. The van der Waals surface area contributed by atoms with E-state index in [1.54, 1.807) is 6.07 Å². The van der Waals surface area contributed by atoms with Crippen molar-refractivity contribution >= 4 is 22.5 Å². The maximum Gasteiger partial charge on any atom is 0.0935 e. The largest absolute Gasteiger partial charge is 0.150 e. The van der Waals surface area contributed by atoms with Crippen molar-refractivity contribution in [2.24, 2.45) is 0 Å². The van der Waals surface area contributed by atoms with E-state index >= 15 is 0 Å². The normalized spacial score (nSPS) is 13.4. The average Bonchev–Trinajstić information content (AvgIpc) is 2.24. The Bertz CT molecular complexity index is 538. The van der Waals surface area contributed by atoms with E-state index in [1.165, 1.54) is 16.3 Å². The summed E-state index contributed by atoms with van der Waals surface area (Å²) in [4.78, 5) is 0. The Labute approximate surface area is 82.9 Å². The molecule has 1 aliphatic rings. The van der Waals surface area contributed by atoms with Gasteiger partial charge in [0.25, 0.3) is 0 Å².